The SMILES string of the molecule is CC(C)C(=O)c1ccccc1OCc1ccccc1. The van der Waals surface area contributed by atoms with Crippen molar-refractivity contribution in [3.8, 4) is 5.75 Å². The van der Waals surface area contributed by atoms with Crippen LogP contribution in [0.3, 0.4) is 0 Å². The summed E-state index contributed by atoms with van der Waals surface area (Å²) in [6.07, 6.45) is 0. The van der Waals surface area contributed by atoms with Crippen molar-refractivity contribution in [3.63, 3.8) is 0 Å². The third-order valence-corrected chi connectivity index (χ3v) is 2.91. The van der Waals surface area contributed by atoms with Gasteiger partial charge in [0, 0.05) is 5.92 Å². The van der Waals surface area contributed by atoms with Crippen LogP contribution in [0.5, 0.6) is 5.75 Å². The van der Waals surface area contributed by atoms with E-state index in [1.807, 2.05) is 68.4 Å². The number of carbonyl (C=O) groups excluding carboxylic acids is 1. The number of hydrogen-bond donors (Lipinski definition) is 0. The zero-order chi connectivity index (χ0) is 13.7. The third kappa shape index (κ3) is 3.44. The van der Waals surface area contributed by atoms with Crippen molar-refractivity contribution in [2.45, 2.75) is 20.5 Å². The maximum Gasteiger partial charge on any atom is 0.169 e. The van der Waals surface area contributed by atoms with E-state index < -0.39 is 0 Å². The van der Waals surface area contributed by atoms with Crippen LogP contribution >= 0.6 is 0 Å². The Morgan fingerprint density at radius 3 is 2.32 bits per heavy atom. The zero-order valence-electron chi connectivity index (χ0n) is 11.3. The average Bonchev–Trinajstić information content (AvgIpc) is 2.45. The van der Waals surface area contributed by atoms with Crippen molar-refractivity contribution in [1.82, 2.24) is 0 Å². The van der Waals surface area contributed by atoms with Gasteiger partial charge in [0.05, 0.1) is 5.56 Å². The molecule has 0 fully saturated rings. The molecule has 0 saturated carbocycles. The highest BCUT2D eigenvalue weighted by Crippen LogP contribution is 2.22. The molecule has 0 bridgehead atoms. The Hall–Kier alpha value is -2.09. The number of carbonyl (C=O) groups is 1. The molecule has 0 radical (unpaired) electrons. The summed E-state index contributed by atoms with van der Waals surface area (Å²) in [6.45, 7) is 4.27. The van der Waals surface area contributed by atoms with Gasteiger partial charge in [-0.25, -0.2) is 0 Å². The Balaban J connectivity index is 2.14. The predicted molar refractivity (Wildman–Crippen MR) is 76.4 cm³/mol. The first-order chi connectivity index (χ1) is 9.18. The Labute approximate surface area is 114 Å². The van der Waals surface area contributed by atoms with Gasteiger partial charge in [-0.05, 0) is 17.7 Å². The van der Waals surface area contributed by atoms with E-state index in [1.54, 1.807) is 0 Å². The maximum absolute atomic E-state index is 12.1. The molecule has 0 amide bonds. The molecule has 0 saturated heterocycles. The van der Waals surface area contributed by atoms with Crippen LogP contribution in [0.2, 0.25) is 0 Å². The highest BCUT2D eigenvalue weighted by molar-refractivity contribution is 5.99. The van der Waals surface area contributed by atoms with E-state index in [4.69, 9.17) is 4.74 Å². The first kappa shape index (κ1) is 13.3. The van der Waals surface area contributed by atoms with Crippen LogP contribution in [0.25, 0.3) is 0 Å². The summed E-state index contributed by atoms with van der Waals surface area (Å²) in [5.41, 5.74) is 1.75. The molecule has 0 N–H and O–H groups in total. The Morgan fingerprint density at radius 2 is 1.63 bits per heavy atom. The molecule has 0 heterocycles. The fourth-order valence-corrected chi connectivity index (χ4v) is 1.84. The van der Waals surface area contributed by atoms with Crippen molar-refractivity contribution in [2.75, 3.05) is 0 Å². The quantitative estimate of drug-likeness (QED) is 0.751. The maximum atomic E-state index is 12.1. The van der Waals surface area contributed by atoms with E-state index >= 15 is 0 Å². The minimum Gasteiger partial charge on any atom is -0.488 e. The van der Waals surface area contributed by atoms with Crippen molar-refractivity contribution in [2.24, 2.45) is 5.92 Å². The smallest absolute Gasteiger partial charge is 0.169 e. The van der Waals surface area contributed by atoms with Gasteiger partial charge in [-0.3, -0.25) is 4.79 Å². The number of ether oxygens (including phenoxy) is 1. The monoisotopic (exact) mass is 254 g/mol. The molecule has 0 unspecified atom stereocenters. The first-order valence-corrected chi connectivity index (χ1v) is 6.48. The molecule has 0 aliphatic rings. The van der Waals surface area contributed by atoms with Gasteiger partial charge in [0.25, 0.3) is 0 Å². The van der Waals surface area contributed by atoms with Gasteiger partial charge >= 0.3 is 0 Å². The van der Waals surface area contributed by atoms with Crippen LogP contribution in [0.15, 0.2) is 54.6 Å². The van der Waals surface area contributed by atoms with E-state index in [1.165, 1.54) is 0 Å². The van der Waals surface area contributed by atoms with Gasteiger partial charge in [-0.1, -0.05) is 56.3 Å². The summed E-state index contributed by atoms with van der Waals surface area (Å²) in [4.78, 5) is 12.1. The molecule has 0 spiro atoms. The van der Waals surface area contributed by atoms with Crippen molar-refractivity contribution < 1.29 is 9.53 Å². The summed E-state index contributed by atoms with van der Waals surface area (Å²) in [5.74, 6) is 0.746. The molecule has 0 aliphatic carbocycles. The van der Waals surface area contributed by atoms with Gasteiger partial charge < -0.3 is 4.74 Å². The second-order valence-corrected chi connectivity index (χ2v) is 4.79. The molecular weight excluding hydrogens is 236 g/mol. The van der Waals surface area contributed by atoms with E-state index in [0.717, 1.165) is 5.56 Å². The second kappa shape index (κ2) is 6.19. The third-order valence-electron chi connectivity index (χ3n) is 2.91. The molecule has 2 aromatic rings. The number of rotatable bonds is 5. The van der Waals surface area contributed by atoms with E-state index in [9.17, 15) is 4.79 Å². The van der Waals surface area contributed by atoms with Gasteiger partial charge in [0.15, 0.2) is 5.78 Å². The Bertz CT molecular complexity index is 544. The lowest BCUT2D eigenvalue weighted by molar-refractivity contribution is 0.0935. The Kier molecular flexibility index (Phi) is 4.35. The fraction of sp³-hybridized carbons (Fsp3) is 0.235. The minimum atomic E-state index is -0.0264. The van der Waals surface area contributed by atoms with Crippen LogP contribution in [0.4, 0.5) is 0 Å². The summed E-state index contributed by atoms with van der Waals surface area (Å²) in [6, 6.07) is 17.4. The fourth-order valence-electron chi connectivity index (χ4n) is 1.84. The van der Waals surface area contributed by atoms with Crippen molar-refractivity contribution in [3.05, 3.63) is 65.7 Å². The van der Waals surface area contributed by atoms with Crippen molar-refractivity contribution in [1.29, 1.82) is 0 Å². The molecule has 2 rings (SSSR count). The molecule has 0 atom stereocenters. The molecule has 19 heavy (non-hydrogen) atoms. The van der Waals surface area contributed by atoms with Crippen molar-refractivity contribution >= 4 is 5.78 Å². The summed E-state index contributed by atoms with van der Waals surface area (Å²) in [5, 5.41) is 0. The van der Waals surface area contributed by atoms with Crippen LogP contribution in [-0.2, 0) is 6.61 Å². The summed E-state index contributed by atoms with van der Waals surface area (Å²) < 4.78 is 5.77. The molecule has 2 aromatic carbocycles. The standard InChI is InChI=1S/C17H18O2/c1-13(2)17(18)15-10-6-7-11-16(15)19-12-14-8-4-3-5-9-14/h3-11,13H,12H2,1-2H3. The first-order valence-electron chi connectivity index (χ1n) is 6.48. The lowest BCUT2D eigenvalue weighted by Crippen LogP contribution is -2.09. The van der Waals surface area contributed by atoms with Gasteiger partial charge in [0.1, 0.15) is 12.4 Å². The minimum absolute atomic E-state index is 0.0264. The molecular formula is C17H18O2. The molecule has 0 aromatic heterocycles. The number of para-hydroxylation sites is 1. The van der Waals surface area contributed by atoms with Crippen LogP contribution < -0.4 is 4.74 Å². The van der Waals surface area contributed by atoms with Crippen LogP contribution in [-0.4, -0.2) is 5.78 Å². The predicted octanol–water partition coefficient (Wildman–Crippen LogP) is 4.10. The van der Waals surface area contributed by atoms with Crippen LogP contribution in [0.1, 0.15) is 29.8 Å². The molecule has 0 aliphatic heterocycles. The highest BCUT2D eigenvalue weighted by atomic mass is 16.5. The number of benzene rings is 2. The second-order valence-electron chi connectivity index (χ2n) is 4.79. The number of ketones is 1. The van der Waals surface area contributed by atoms with E-state index in [-0.39, 0.29) is 11.7 Å². The highest BCUT2D eigenvalue weighted by Gasteiger charge is 2.15. The average molecular weight is 254 g/mol. The number of hydrogen-bond acceptors (Lipinski definition) is 2. The van der Waals surface area contributed by atoms with Gasteiger partial charge in [-0.2, -0.15) is 0 Å². The molecule has 2 heteroatoms. The van der Waals surface area contributed by atoms with Gasteiger partial charge in [-0.15, -0.1) is 0 Å². The largest absolute Gasteiger partial charge is 0.488 e. The lowest BCUT2D eigenvalue weighted by atomic mass is 10.0. The van der Waals surface area contributed by atoms with E-state index in [2.05, 4.69) is 0 Å². The van der Waals surface area contributed by atoms with E-state index in [0.29, 0.717) is 17.9 Å². The lowest BCUT2D eigenvalue weighted by Gasteiger charge is -2.12. The molecule has 2 nitrogen and oxygen atoms in total. The zero-order valence-corrected chi connectivity index (χ0v) is 11.3. The summed E-state index contributed by atoms with van der Waals surface area (Å²) >= 11 is 0. The summed E-state index contributed by atoms with van der Waals surface area (Å²) in [7, 11) is 0. The number of Topliss-reactive ketones (excluding diaryl/α,β-unsaturated/α-hetero) is 1. The van der Waals surface area contributed by atoms with Crippen LogP contribution in [0, 0.1) is 5.92 Å². The Morgan fingerprint density at radius 1 is 1.00 bits per heavy atom. The topological polar surface area (TPSA) is 26.3 Å². The van der Waals surface area contributed by atoms with Gasteiger partial charge in [0.2, 0.25) is 0 Å². The normalized spacial score (nSPS) is 10.5. The molecule has 98 valence electrons.